The summed E-state index contributed by atoms with van der Waals surface area (Å²) in [5, 5.41) is 6.98. The molecule has 2 aromatic rings. The molecule has 0 bridgehead atoms. The van der Waals surface area contributed by atoms with Crippen LogP contribution in [-0.2, 0) is 6.42 Å². The summed E-state index contributed by atoms with van der Waals surface area (Å²) < 4.78 is 5.78. The Bertz CT molecular complexity index is 670. The maximum absolute atomic E-state index is 5.78. The number of ether oxygens (including phenoxy) is 1. The molecular formula is C19H24N2OS. The van der Waals surface area contributed by atoms with Crippen molar-refractivity contribution in [3.05, 3.63) is 59.2 Å². The topological polar surface area (TPSA) is 33.3 Å². The molecule has 0 spiro atoms. The van der Waals surface area contributed by atoms with Crippen LogP contribution < -0.4 is 15.4 Å². The third-order valence-corrected chi connectivity index (χ3v) is 3.82. The molecular weight excluding hydrogens is 304 g/mol. The van der Waals surface area contributed by atoms with Gasteiger partial charge in [-0.25, -0.2) is 0 Å². The lowest BCUT2D eigenvalue weighted by molar-refractivity contribution is 0.320. The van der Waals surface area contributed by atoms with E-state index in [9.17, 15) is 0 Å². The molecule has 2 rings (SSSR count). The summed E-state index contributed by atoms with van der Waals surface area (Å²) in [6.07, 6.45) is 1.01. The molecule has 0 saturated carbocycles. The van der Waals surface area contributed by atoms with Gasteiger partial charge in [0.05, 0.1) is 6.54 Å². The number of rotatable bonds is 6. The number of hydrogen-bond donors (Lipinski definition) is 2. The van der Waals surface area contributed by atoms with Crippen molar-refractivity contribution in [2.24, 2.45) is 0 Å². The summed E-state index contributed by atoms with van der Waals surface area (Å²) in [6, 6.07) is 14.5. The lowest BCUT2D eigenvalue weighted by atomic mass is 10.1. The number of aryl methyl sites for hydroxylation is 3. The van der Waals surface area contributed by atoms with Crippen molar-refractivity contribution < 1.29 is 4.74 Å². The van der Waals surface area contributed by atoms with E-state index in [1.165, 1.54) is 11.1 Å². The average molecular weight is 328 g/mol. The van der Waals surface area contributed by atoms with E-state index in [-0.39, 0.29) is 0 Å². The molecule has 0 unspecified atom stereocenters. The Balaban J connectivity index is 1.74. The molecule has 0 aromatic heterocycles. The molecule has 0 saturated heterocycles. The Hall–Kier alpha value is -2.07. The van der Waals surface area contributed by atoms with Gasteiger partial charge in [0.2, 0.25) is 0 Å². The average Bonchev–Trinajstić information content (AvgIpc) is 2.53. The van der Waals surface area contributed by atoms with Crippen LogP contribution in [0.15, 0.2) is 42.5 Å². The van der Waals surface area contributed by atoms with Gasteiger partial charge in [-0.3, -0.25) is 0 Å². The summed E-state index contributed by atoms with van der Waals surface area (Å²) >= 11 is 5.31. The molecule has 0 radical (unpaired) electrons. The first kappa shape index (κ1) is 17.3. The van der Waals surface area contributed by atoms with Gasteiger partial charge in [-0.2, -0.15) is 0 Å². The lowest BCUT2D eigenvalue weighted by Crippen LogP contribution is -2.32. The van der Waals surface area contributed by atoms with E-state index in [1.807, 2.05) is 18.2 Å². The predicted molar refractivity (Wildman–Crippen MR) is 101 cm³/mol. The van der Waals surface area contributed by atoms with Gasteiger partial charge in [0.25, 0.3) is 0 Å². The highest BCUT2D eigenvalue weighted by Gasteiger charge is 2.01. The molecule has 23 heavy (non-hydrogen) atoms. The molecule has 2 N–H and O–H groups in total. The van der Waals surface area contributed by atoms with E-state index >= 15 is 0 Å². The maximum atomic E-state index is 5.78. The van der Waals surface area contributed by atoms with Crippen molar-refractivity contribution in [2.45, 2.75) is 27.2 Å². The van der Waals surface area contributed by atoms with Crippen LogP contribution >= 0.6 is 12.2 Å². The maximum Gasteiger partial charge on any atom is 0.170 e. The van der Waals surface area contributed by atoms with Crippen molar-refractivity contribution in [1.29, 1.82) is 0 Å². The molecule has 0 amide bonds. The molecule has 0 fully saturated rings. The fourth-order valence-electron chi connectivity index (χ4n) is 2.33. The Morgan fingerprint density at radius 3 is 2.70 bits per heavy atom. The first-order valence-electron chi connectivity index (χ1n) is 7.92. The van der Waals surface area contributed by atoms with E-state index in [0.29, 0.717) is 18.3 Å². The Labute approximate surface area is 144 Å². The molecule has 0 atom stereocenters. The summed E-state index contributed by atoms with van der Waals surface area (Å²) in [4.78, 5) is 0. The highest BCUT2D eigenvalue weighted by molar-refractivity contribution is 7.80. The van der Waals surface area contributed by atoms with Crippen LogP contribution in [0, 0.1) is 13.8 Å². The fourth-order valence-corrected chi connectivity index (χ4v) is 2.55. The van der Waals surface area contributed by atoms with Gasteiger partial charge in [-0.1, -0.05) is 36.8 Å². The van der Waals surface area contributed by atoms with Gasteiger partial charge in [-0.05, 0) is 61.8 Å². The van der Waals surface area contributed by atoms with Crippen molar-refractivity contribution in [3.63, 3.8) is 0 Å². The zero-order valence-corrected chi connectivity index (χ0v) is 14.8. The van der Waals surface area contributed by atoms with E-state index in [1.54, 1.807) is 0 Å². The summed E-state index contributed by atoms with van der Waals surface area (Å²) in [6.45, 7) is 7.51. The Morgan fingerprint density at radius 1 is 1.13 bits per heavy atom. The first-order valence-corrected chi connectivity index (χ1v) is 8.33. The normalized spacial score (nSPS) is 10.2. The summed E-state index contributed by atoms with van der Waals surface area (Å²) in [7, 11) is 0. The van der Waals surface area contributed by atoms with E-state index in [4.69, 9.17) is 17.0 Å². The van der Waals surface area contributed by atoms with Gasteiger partial charge >= 0.3 is 0 Å². The minimum Gasteiger partial charge on any atom is -0.491 e. The minimum atomic E-state index is 0.570. The minimum absolute atomic E-state index is 0.570. The van der Waals surface area contributed by atoms with Crippen LogP contribution in [0.1, 0.15) is 23.6 Å². The van der Waals surface area contributed by atoms with Crippen LogP contribution in [-0.4, -0.2) is 18.3 Å². The molecule has 122 valence electrons. The highest BCUT2D eigenvalue weighted by Crippen LogP contribution is 2.18. The fraction of sp³-hybridized carbons (Fsp3) is 0.316. The second-order valence-electron chi connectivity index (χ2n) is 5.55. The van der Waals surface area contributed by atoms with Gasteiger partial charge in [-0.15, -0.1) is 0 Å². The summed E-state index contributed by atoms with van der Waals surface area (Å²) in [5.41, 5.74) is 4.70. The van der Waals surface area contributed by atoms with Gasteiger partial charge in [0.15, 0.2) is 5.11 Å². The van der Waals surface area contributed by atoms with Gasteiger partial charge < -0.3 is 15.4 Å². The molecule has 4 heteroatoms. The van der Waals surface area contributed by atoms with Gasteiger partial charge in [0, 0.05) is 5.69 Å². The molecule has 3 nitrogen and oxygen atoms in total. The first-order chi connectivity index (χ1) is 11.1. The molecule has 0 heterocycles. The third-order valence-electron chi connectivity index (χ3n) is 3.57. The van der Waals surface area contributed by atoms with Crippen molar-refractivity contribution in [1.82, 2.24) is 5.32 Å². The van der Waals surface area contributed by atoms with Crippen LogP contribution in [0.4, 0.5) is 5.69 Å². The summed E-state index contributed by atoms with van der Waals surface area (Å²) in [5.74, 6) is 0.923. The van der Waals surface area contributed by atoms with Crippen LogP contribution in [0.25, 0.3) is 0 Å². The van der Waals surface area contributed by atoms with E-state index < -0.39 is 0 Å². The molecule has 0 aliphatic heterocycles. The predicted octanol–water partition coefficient (Wildman–Crippen LogP) is 4.23. The number of thiocarbonyl (C=S) groups is 1. The van der Waals surface area contributed by atoms with Gasteiger partial charge in [0.1, 0.15) is 12.4 Å². The zero-order valence-electron chi connectivity index (χ0n) is 14.0. The third kappa shape index (κ3) is 5.57. The molecule has 0 aliphatic carbocycles. The quantitative estimate of drug-likeness (QED) is 0.614. The van der Waals surface area contributed by atoms with Crippen molar-refractivity contribution in [3.8, 4) is 5.75 Å². The lowest BCUT2D eigenvalue weighted by Gasteiger charge is -2.13. The SMILES string of the molecule is CCc1cccc(NC(=S)NCCOc2ccc(C)cc2C)c1. The van der Waals surface area contributed by atoms with Crippen molar-refractivity contribution in [2.75, 3.05) is 18.5 Å². The number of anilines is 1. The second kappa shape index (κ2) is 8.53. The monoisotopic (exact) mass is 328 g/mol. The largest absolute Gasteiger partial charge is 0.491 e. The number of nitrogens with one attached hydrogen (secondary N) is 2. The second-order valence-corrected chi connectivity index (χ2v) is 5.96. The van der Waals surface area contributed by atoms with Crippen molar-refractivity contribution >= 4 is 23.0 Å². The standard InChI is InChI=1S/C19H24N2OS/c1-4-16-6-5-7-17(13-16)21-19(23)20-10-11-22-18-9-8-14(2)12-15(18)3/h5-9,12-13H,4,10-11H2,1-3H3,(H2,20,21,23). The van der Waals surface area contributed by atoms with E-state index in [2.05, 4.69) is 55.7 Å². The Kier molecular flexibility index (Phi) is 6.41. The number of benzene rings is 2. The van der Waals surface area contributed by atoms with Crippen LogP contribution in [0.5, 0.6) is 5.75 Å². The number of hydrogen-bond acceptors (Lipinski definition) is 2. The molecule has 0 aliphatic rings. The highest BCUT2D eigenvalue weighted by atomic mass is 32.1. The molecule has 2 aromatic carbocycles. The zero-order chi connectivity index (χ0) is 16.7. The van der Waals surface area contributed by atoms with Crippen LogP contribution in [0.2, 0.25) is 0 Å². The smallest absolute Gasteiger partial charge is 0.170 e. The van der Waals surface area contributed by atoms with Crippen LogP contribution in [0.3, 0.4) is 0 Å². The van der Waals surface area contributed by atoms with E-state index in [0.717, 1.165) is 23.4 Å². The Morgan fingerprint density at radius 2 is 1.96 bits per heavy atom.